The molecule has 0 fully saturated rings. The summed E-state index contributed by atoms with van der Waals surface area (Å²) in [5.41, 5.74) is 5.87. The molecule has 0 heterocycles. The minimum absolute atomic E-state index is 0. The average Bonchev–Trinajstić information content (AvgIpc) is 2.56. The maximum absolute atomic E-state index is 5.58. The number of hydrogen-bond acceptors (Lipinski definition) is 1. The van der Waals surface area contributed by atoms with Gasteiger partial charge in [0.15, 0.2) is 0 Å². The van der Waals surface area contributed by atoms with Crippen LogP contribution in [0.2, 0.25) is 0 Å². The van der Waals surface area contributed by atoms with Crippen molar-refractivity contribution >= 4 is 0 Å². The number of benzene rings is 3. The Morgan fingerprint density at radius 2 is 1.41 bits per heavy atom. The molecule has 0 atom stereocenters. The maximum atomic E-state index is 5.58. The second-order valence-electron chi connectivity index (χ2n) is 5.07. The SMILES string of the molecule is COc1cc(-c2ccc(C)cc2)ccc1-c1cc[c-]cc1.[Y]. The third-order valence-corrected chi connectivity index (χ3v) is 3.62. The third kappa shape index (κ3) is 3.66. The molecule has 2 heteroatoms. The van der Waals surface area contributed by atoms with Crippen LogP contribution in [-0.2, 0) is 32.7 Å². The Balaban J connectivity index is 0.00000176. The van der Waals surface area contributed by atoms with Crippen molar-refractivity contribution in [2.75, 3.05) is 7.11 Å². The minimum Gasteiger partial charge on any atom is -0.496 e. The van der Waals surface area contributed by atoms with E-state index in [4.69, 9.17) is 4.74 Å². The van der Waals surface area contributed by atoms with E-state index in [0.717, 1.165) is 22.4 Å². The molecule has 0 aliphatic rings. The predicted octanol–water partition coefficient (Wildman–Crippen LogP) is 5.14. The normalized spacial score (nSPS) is 9.91. The van der Waals surface area contributed by atoms with Crippen LogP contribution in [0.4, 0.5) is 0 Å². The van der Waals surface area contributed by atoms with Gasteiger partial charge in [0.05, 0.1) is 7.11 Å². The Bertz CT molecular complexity index is 733. The number of aryl methyl sites for hydroxylation is 1. The quantitative estimate of drug-likeness (QED) is 0.587. The van der Waals surface area contributed by atoms with Crippen molar-refractivity contribution in [3.8, 4) is 28.0 Å². The van der Waals surface area contributed by atoms with E-state index in [-0.39, 0.29) is 32.7 Å². The minimum atomic E-state index is 0. The number of ether oxygens (including phenoxy) is 1. The Labute approximate surface area is 157 Å². The van der Waals surface area contributed by atoms with Gasteiger partial charge in [-0.1, -0.05) is 42.0 Å². The molecule has 0 aliphatic carbocycles. The molecular weight excluding hydrogens is 345 g/mol. The molecule has 0 aromatic heterocycles. The van der Waals surface area contributed by atoms with Crippen LogP contribution in [0.3, 0.4) is 0 Å². The third-order valence-electron chi connectivity index (χ3n) is 3.62. The summed E-state index contributed by atoms with van der Waals surface area (Å²) < 4.78 is 5.58. The smallest absolute Gasteiger partial charge is 0.125 e. The second kappa shape index (κ2) is 7.71. The molecule has 1 nitrogen and oxygen atoms in total. The Kier molecular flexibility index (Phi) is 5.93. The van der Waals surface area contributed by atoms with Crippen LogP contribution in [0.5, 0.6) is 5.75 Å². The van der Waals surface area contributed by atoms with E-state index < -0.39 is 0 Å². The van der Waals surface area contributed by atoms with Crippen LogP contribution >= 0.6 is 0 Å². The predicted molar refractivity (Wildman–Crippen MR) is 87.4 cm³/mol. The van der Waals surface area contributed by atoms with Gasteiger partial charge in [-0.25, -0.2) is 0 Å². The summed E-state index contributed by atoms with van der Waals surface area (Å²) in [6.45, 7) is 2.10. The van der Waals surface area contributed by atoms with Crippen molar-refractivity contribution in [1.82, 2.24) is 0 Å². The molecule has 3 rings (SSSR count). The number of methoxy groups -OCH3 is 1. The zero-order chi connectivity index (χ0) is 14.7. The summed E-state index contributed by atoms with van der Waals surface area (Å²) >= 11 is 0. The molecule has 0 amide bonds. The van der Waals surface area contributed by atoms with Crippen molar-refractivity contribution in [1.29, 1.82) is 0 Å². The zero-order valence-corrected chi connectivity index (χ0v) is 15.7. The molecule has 0 unspecified atom stereocenters. The molecular formula is C20H17OY-. The van der Waals surface area contributed by atoms with Gasteiger partial charge < -0.3 is 4.74 Å². The van der Waals surface area contributed by atoms with Crippen LogP contribution in [0.15, 0.2) is 66.7 Å². The molecule has 0 bridgehead atoms. The van der Waals surface area contributed by atoms with Crippen molar-refractivity contribution in [3.05, 3.63) is 78.4 Å². The van der Waals surface area contributed by atoms with E-state index >= 15 is 0 Å². The molecule has 0 N–H and O–H groups in total. The Morgan fingerprint density at radius 3 is 2.05 bits per heavy atom. The van der Waals surface area contributed by atoms with E-state index in [9.17, 15) is 0 Å². The Morgan fingerprint density at radius 1 is 0.773 bits per heavy atom. The van der Waals surface area contributed by atoms with E-state index in [1.165, 1.54) is 11.1 Å². The van der Waals surface area contributed by atoms with Gasteiger partial charge in [-0.2, -0.15) is 30.3 Å². The van der Waals surface area contributed by atoms with Crippen LogP contribution < -0.4 is 4.74 Å². The van der Waals surface area contributed by atoms with Gasteiger partial charge in [0.25, 0.3) is 0 Å². The van der Waals surface area contributed by atoms with Gasteiger partial charge in [0, 0.05) is 32.7 Å². The molecule has 0 saturated heterocycles. The molecule has 3 aromatic rings. The van der Waals surface area contributed by atoms with Gasteiger partial charge in [0.1, 0.15) is 5.75 Å². The maximum Gasteiger partial charge on any atom is 0.125 e. The van der Waals surface area contributed by atoms with Crippen LogP contribution in [0, 0.1) is 13.0 Å². The van der Waals surface area contributed by atoms with Gasteiger partial charge in [-0.15, -0.1) is 5.56 Å². The molecule has 107 valence electrons. The van der Waals surface area contributed by atoms with E-state index in [2.05, 4.69) is 55.5 Å². The number of rotatable bonds is 3. The largest absolute Gasteiger partial charge is 0.496 e. The first-order valence-electron chi connectivity index (χ1n) is 6.99. The fraction of sp³-hybridized carbons (Fsp3) is 0.100. The molecule has 0 aliphatic heterocycles. The van der Waals surface area contributed by atoms with Crippen LogP contribution in [-0.4, -0.2) is 7.11 Å². The van der Waals surface area contributed by atoms with Gasteiger partial charge in [-0.05, 0) is 29.7 Å². The van der Waals surface area contributed by atoms with E-state index in [1.807, 2.05) is 24.3 Å². The van der Waals surface area contributed by atoms with Crippen molar-refractivity contribution in [2.24, 2.45) is 0 Å². The first kappa shape index (κ1) is 16.9. The van der Waals surface area contributed by atoms with Crippen molar-refractivity contribution in [2.45, 2.75) is 6.92 Å². The molecule has 3 aromatic carbocycles. The van der Waals surface area contributed by atoms with Crippen molar-refractivity contribution in [3.63, 3.8) is 0 Å². The van der Waals surface area contributed by atoms with Crippen LogP contribution in [0.1, 0.15) is 5.56 Å². The van der Waals surface area contributed by atoms with Gasteiger partial charge in [0.2, 0.25) is 0 Å². The molecule has 22 heavy (non-hydrogen) atoms. The average molecular weight is 362 g/mol. The van der Waals surface area contributed by atoms with Crippen LogP contribution in [0.25, 0.3) is 22.3 Å². The fourth-order valence-electron chi connectivity index (χ4n) is 2.42. The summed E-state index contributed by atoms with van der Waals surface area (Å²) in [5.74, 6) is 0.888. The molecule has 0 saturated carbocycles. The monoisotopic (exact) mass is 362 g/mol. The molecule has 1 radical (unpaired) electrons. The Hall–Kier alpha value is -1.44. The summed E-state index contributed by atoms with van der Waals surface area (Å²) in [7, 11) is 1.72. The van der Waals surface area contributed by atoms with E-state index in [0.29, 0.717) is 0 Å². The summed E-state index contributed by atoms with van der Waals surface area (Å²) in [6.07, 6.45) is 0. The summed E-state index contributed by atoms with van der Waals surface area (Å²) in [6, 6.07) is 25.9. The molecule has 0 spiro atoms. The number of hydrogen-bond donors (Lipinski definition) is 0. The zero-order valence-electron chi connectivity index (χ0n) is 12.8. The fourth-order valence-corrected chi connectivity index (χ4v) is 2.42. The topological polar surface area (TPSA) is 9.23 Å². The van der Waals surface area contributed by atoms with Gasteiger partial charge >= 0.3 is 0 Å². The standard InChI is InChI=1S/C20H17O.Y/c1-15-8-10-16(11-9-15)18-12-13-19(20(14-18)21-2)17-6-4-3-5-7-17;/h4-14H,1-2H3;/q-1;. The first-order chi connectivity index (χ1) is 10.3. The second-order valence-corrected chi connectivity index (χ2v) is 5.07. The summed E-state index contributed by atoms with van der Waals surface area (Å²) in [4.78, 5) is 0. The summed E-state index contributed by atoms with van der Waals surface area (Å²) in [5, 5.41) is 0. The van der Waals surface area contributed by atoms with Gasteiger partial charge in [-0.3, -0.25) is 0 Å². The van der Waals surface area contributed by atoms with Crippen molar-refractivity contribution < 1.29 is 37.4 Å². The first-order valence-corrected chi connectivity index (χ1v) is 6.99. The van der Waals surface area contributed by atoms with E-state index in [1.54, 1.807) is 7.11 Å².